The van der Waals surface area contributed by atoms with Gasteiger partial charge in [-0.1, -0.05) is 33.6 Å². The van der Waals surface area contributed by atoms with Crippen LogP contribution in [0.5, 0.6) is 0 Å². The molecule has 0 unspecified atom stereocenters. The highest BCUT2D eigenvalue weighted by molar-refractivity contribution is 9.09. The van der Waals surface area contributed by atoms with Gasteiger partial charge in [-0.2, -0.15) is 0 Å². The molecule has 1 saturated heterocycles. The number of urea groups is 1. The third-order valence-corrected chi connectivity index (χ3v) is 3.38. The van der Waals surface area contributed by atoms with Gasteiger partial charge in [-0.15, -0.1) is 0 Å². The van der Waals surface area contributed by atoms with Gasteiger partial charge < -0.3 is 4.90 Å². The monoisotopic (exact) mass is 331 g/mol. The Hall–Kier alpha value is -1.14. The molecule has 0 bridgehead atoms. The molecule has 1 fully saturated rings. The van der Waals surface area contributed by atoms with Gasteiger partial charge in [0.25, 0.3) is 0 Å². The molecule has 0 saturated carbocycles. The van der Waals surface area contributed by atoms with Gasteiger partial charge in [0.1, 0.15) is 5.15 Å². The fourth-order valence-electron chi connectivity index (χ4n) is 1.75. The summed E-state index contributed by atoms with van der Waals surface area (Å²) in [5, 5.41) is 0.581. The zero-order valence-electron chi connectivity index (χ0n) is 9.47. The molecule has 5 nitrogen and oxygen atoms in total. The van der Waals surface area contributed by atoms with Crippen LogP contribution < -0.4 is 0 Å². The number of pyridine rings is 1. The van der Waals surface area contributed by atoms with E-state index in [9.17, 15) is 9.59 Å². The van der Waals surface area contributed by atoms with Crippen molar-refractivity contribution in [2.24, 2.45) is 0 Å². The number of halogens is 2. The van der Waals surface area contributed by atoms with Gasteiger partial charge in [-0.3, -0.25) is 9.69 Å². The molecule has 0 aromatic carbocycles. The van der Waals surface area contributed by atoms with Crippen LogP contribution in [0.25, 0.3) is 0 Å². The minimum atomic E-state index is -0.255. The molecule has 1 aliphatic heterocycles. The molecule has 0 radical (unpaired) electrons. The Labute approximate surface area is 118 Å². The molecule has 2 heterocycles. The van der Waals surface area contributed by atoms with Crippen molar-refractivity contribution in [3.8, 4) is 0 Å². The Morgan fingerprint density at radius 3 is 2.83 bits per heavy atom. The van der Waals surface area contributed by atoms with Crippen molar-refractivity contribution in [3.05, 3.63) is 29.0 Å². The third-order valence-electron chi connectivity index (χ3n) is 2.67. The lowest BCUT2D eigenvalue weighted by molar-refractivity contribution is -0.124. The molecule has 1 aromatic rings. The summed E-state index contributed by atoms with van der Waals surface area (Å²) in [5.41, 5.74) is 0.890. The highest BCUT2D eigenvalue weighted by Crippen LogP contribution is 2.14. The maximum atomic E-state index is 11.9. The predicted octanol–water partition coefficient (Wildman–Crippen LogP) is 1.89. The molecule has 0 aliphatic carbocycles. The molecular formula is C11H11BrClN3O2. The molecule has 1 aromatic heterocycles. The Balaban J connectivity index is 2.01. The van der Waals surface area contributed by atoms with Crippen molar-refractivity contribution >= 4 is 39.5 Å². The van der Waals surface area contributed by atoms with E-state index < -0.39 is 0 Å². The number of carbonyl (C=O) groups is 2. The summed E-state index contributed by atoms with van der Waals surface area (Å²) in [7, 11) is 0. The summed E-state index contributed by atoms with van der Waals surface area (Å²) < 4.78 is 0. The van der Waals surface area contributed by atoms with Gasteiger partial charge in [-0.25, -0.2) is 9.78 Å². The van der Waals surface area contributed by atoms with Crippen LogP contribution in [0, 0.1) is 0 Å². The molecular weight excluding hydrogens is 321 g/mol. The van der Waals surface area contributed by atoms with E-state index in [1.54, 1.807) is 17.2 Å². The zero-order chi connectivity index (χ0) is 13.1. The lowest BCUT2D eigenvalue weighted by Gasteiger charge is -2.16. The van der Waals surface area contributed by atoms with Crippen molar-refractivity contribution in [2.75, 3.05) is 18.4 Å². The SMILES string of the molecule is O=C(CBr)N1CCN(Cc2ccc(Cl)nc2)C1=O. The topological polar surface area (TPSA) is 53.5 Å². The number of nitrogens with zero attached hydrogens (tertiary/aromatic N) is 3. The molecule has 0 N–H and O–H groups in total. The van der Waals surface area contributed by atoms with Crippen LogP contribution >= 0.6 is 27.5 Å². The predicted molar refractivity (Wildman–Crippen MR) is 70.6 cm³/mol. The standard InChI is InChI=1S/C11H11BrClN3O2/c12-5-10(17)16-4-3-15(11(16)18)7-8-1-2-9(13)14-6-8/h1-2,6H,3-5,7H2. The summed E-state index contributed by atoms with van der Waals surface area (Å²) in [6.45, 7) is 1.42. The van der Waals surface area contributed by atoms with E-state index in [0.29, 0.717) is 24.8 Å². The van der Waals surface area contributed by atoms with Crippen molar-refractivity contribution in [3.63, 3.8) is 0 Å². The van der Waals surface area contributed by atoms with Crippen molar-refractivity contribution in [2.45, 2.75) is 6.54 Å². The average molecular weight is 333 g/mol. The van der Waals surface area contributed by atoms with Gasteiger partial charge in [0.2, 0.25) is 5.91 Å². The smallest absolute Gasteiger partial charge is 0.318 e. The van der Waals surface area contributed by atoms with Gasteiger partial charge in [0.15, 0.2) is 0 Å². The molecule has 1 aliphatic rings. The number of amides is 3. The van der Waals surface area contributed by atoms with E-state index in [-0.39, 0.29) is 17.3 Å². The lowest BCUT2D eigenvalue weighted by Crippen LogP contribution is -2.36. The fourth-order valence-corrected chi connectivity index (χ4v) is 2.17. The van der Waals surface area contributed by atoms with Crippen LogP contribution in [0.3, 0.4) is 0 Å². The molecule has 0 spiro atoms. The average Bonchev–Trinajstić information content (AvgIpc) is 2.73. The van der Waals surface area contributed by atoms with Crippen molar-refractivity contribution in [1.29, 1.82) is 0 Å². The number of alkyl halides is 1. The first kappa shape index (κ1) is 13.3. The molecule has 2 rings (SSSR count). The Kier molecular flexibility index (Phi) is 4.19. The Morgan fingerprint density at radius 2 is 2.22 bits per heavy atom. The number of imide groups is 1. The molecule has 18 heavy (non-hydrogen) atoms. The maximum absolute atomic E-state index is 11.9. The first-order valence-corrected chi connectivity index (χ1v) is 6.87. The second-order valence-electron chi connectivity index (χ2n) is 3.87. The molecule has 96 valence electrons. The largest absolute Gasteiger partial charge is 0.327 e. The first-order chi connectivity index (χ1) is 8.61. The van der Waals surface area contributed by atoms with Crippen molar-refractivity contribution < 1.29 is 9.59 Å². The van der Waals surface area contributed by atoms with E-state index in [0.717, 1.165) is 5.56 Å². The number of hydrogen-bond acceptors (Lipinski definition) is 3. The Bertz CT molecular complexity index is 466. The number of carbonyl (C=O) groups excluding carboxylic acids is 2. The van der Waals surface area contributed by atoms with Gasteiger partial charge >= 0.3 is 6.03 Å². The lowest BCUT2D eigenvalue weighted by atomic mass is 10.3. The second-order valence-corrected chi connectivity index (χ2v) is 4.82. The summed E-state index contributed by atoms with van der Waals surface area (Å²) in [6, 6.07) is 3.24. The van der Waals surface area contributed by atoms with Gasteiger partial charge in [0, 0.05) is 25.8 Å². The third kappa shape index (κ3) is 2.81. The van der Waals surface area contributed by atoms with Crippen LogP contribution in [-0.2, 0) is 11.3 Å². The second kappa shape index (κ2) is 5.67. The minimum Gasteiger partial charge on any atom is -0.318 e. The number of rotatable bonds is 3. The number of hydrogen-bond donors (Lipinski definition) is 0. The molecule has 0 atom stereocenters. The zero-order valence-corrected chi connectivity index (χ0v) is 11.8. The van der Waals surface area contributed by atoms with E-state index in [1.807, 2.05) is 6.07 Å². The quantitative estimate of drug-likeness (QED) is 0.627. The fraction of sp³-hybridized carbons (Fsp3) is 0.364. The highest BCUT2D eigenvalue weighted by Gasteiger charge is 2.32. The van der Waals surface area contributed by atoms with Gasteiger partial charge in [-0.05, 0) is 11.6 Å². The van der Waals surface area contributed by atoms with Crippen LogP contribution in [0.2, 0.25) is 5.15 Å². The van der Waals surface area contributed by atoms with E-state index in [4.69, 9.17) is 11.6 Å². The normalized spacial score (nSPS) is 15.3. The summed E-state index contributed by atoms with van der Waals surface area (Å²) in [6.07, 6.45) is 1.63. The van der Waals surface area contributed by atoms with Crippen LogP contribution in [0.4, 0.5) is 4.79 Å². The van der Waals surface area contributed by atoms with Crippen LogP contribution in [0.15, 0.2) is 18.3 Å². The highest BCUT2D eigenvalue weighted by atomic mass is 79.9. The van der Waals surface area contributed by atoms with Crippen LogP contribution in [0.1, 0.15) is 5.56 Å². The van der Waals surface area contributed by atoms with E-state index in [1.165, 1.54) is 4.90 Å². The minimum absolute atomic E-state index is 0.162. The van der Waals surface area contributed by atoms with Crippen LogP contribution in [-0.4, -0.2) is 45.1 Å². The number of aromatic nitrogens is 1. The summed E-state index contributed by atoms with van der Waals surface area (Å²) >= 11 is 8.75. The van der Waals surface area contributed by atoms with E-state index in [2.05, 4.69) is 20.9 Å². The Morgan fingerprint density at radius 1 is 1.44 bits per heavy atom. The summed E-state index contributed by atoms with van der Waals surface area (Å²) in [4.78, 5) is 30.2. The molecule has 7 heteroatoms. The van der Waals surface area contributed by atoms with Gasteiger partial charge in [0.05, 0.1) is 5.33 Å². The molecule has 3 amide bonds. The summed E-state index contributed by atoms with van der Waals surface area (Å²) in [5.74, 6) is -0.211. The van der Waals surface area contributed by atoms with Crippen molar-refractivity contribution in [1.82, 2.24) is 14.8 Å². The van der Waals surface area contributed by atoms with E-state index >= 15 is 0 Å². The maximum Gasteiger partial charge on any atom is 0.327 e. The first-order valence-electron chi connectivity index (χ1n) is 5.37.